The Morgan fingerprint density at radius 2 is 1.37 bits per heavy atom. The molecule has 2 aromatic carbocycles. The molecule has 0 spiro atoms. The predicted octanol–water partition coefficient (Wildman–Crippen LogP) is 3.45. The summed E-state index contributed by atoms with van der Waals surface area (Å²) in [6, 6.07) is 19.6. The zero-order valence-electron chi connectivity index (χ0n) is 11.2. The highest BCUT2D eigenvalue weighted by atomic mass is 16.3. The summed E-state index contributed by atoms with van der Waals surface area (Å²) in [5.74, 6) is 0.0183. The van der Waals surface area contributed by atoms with Crippen molar-refractivity contribution in [3.8, 4) is 0 Å². The van der Waals surface area contributed by atoms with E-state index in [4.69, 9.17) is 5.73 Å². The van der Waals surface area contributed by atoms with Gasteiger partial charge < -0.3 is 10.8 Å². The Kier molecular flexibility index (Phi) is 4.72. The first kappa shape index (κ1) is 13.8. The van der Waals surface area contributed by atoms with Crippen molar-refractivity contribution in [2.24, 2.45) is 11.7 Å². The van der Waals surface area contributed by atoms with Gasteiger partial charge in [0.05, 0.1) is 6.10 Å². The molecule has 2 rings (SSSR count). The number of hydrogen-bond donors (Lipinski definition) is 2. The van der Waals surface area contributed by atoms with Crippen LogP contribution in [0.3, 0.4) is 0 Å². The lowest BCUT2D eigenvalue weighted by Gasteiger charge is -2.28. The third kappa shape index (κ3) is 3.22. The quantitative estimate of drug-likeness (QED) is 0.859. The van der Waals surface area contributed by atoms with Gasteiger partial charge in [0, 0.05) is 12.0 Å². The Hall–Kier alpha value is -1.64. The Labute approximate surface area is 114 Å². The van der Waals surface area contributed by atoms with Gasteiger partial charge in [-0.15, -0.1) is 0 Å². The predicted molar refractivity (Wildman–Crippen MR) is 78.6 cm³/mol. The smallest absolute Gasteiger partial charge is 0.0836 e. The molecular weight excluding hydrogens is 234 g/mol. The number of aliphatic hydroxyl groups is 1. The zero-order valence-corrected chi connectivity index (χ0v) is 11.2. The maximum atomic E-state index is 10.5. The molecule has 0 radical (unpaired) electrons. The first-order valence-electron chi connectivity index (χ1n) is 6.77. The highest BCUT2D eigenvalue weighted by Gasteiger charge is 2.26. The molecule has 3 N–H and O–H groups in total. The normalized spacial score (nSPS) is 15.7. The lowest BCUT2D eigenvalue weighted by Crippen LogP contribution is -2.26. The molecule has 0 amide bonds. The number of hydrogen-bond acceptors (Lipinski definition) is 2. The molecule has 100 valence electrons. The SMILES string of the molecule is CC[C@H]([C@@H](N)c1ccccc1)[C@@H](O)c1ccccc1. The molecule has 2 nitrogen and oxygen atoms in total. The summed E-state index contributed by atoms with van der Waals surface area (Å²) in [5.41, 5.74) is 8.33. The minimum Gasteiger partial charge on any atom is -0.388 e. The number of rotatable bonds is 5. The lowest BCUT2D eigenvalue weighted by molar-refractivity contribution is 0.0898. The van der Waals surface area contributed by atoms with E-state index in [0.717, 1.165) is 17.5 Å². The molecule has 0 unspecified atom stereocenters. The highest BCUT2D eigenvalue weighted by Crippen LogP contribution is 2.33. The topological polar surface area (TPSA) is 46.2 Å². The van der Waals surface area contributed by atoms with Gasteiger partial charge in [-0.1, -0.05) is 67.6 Å². The van der Waals surface area contributed by atoms with Gasteiger partial charge in [-0.25, -0.2) is 0 Å². The Bertz CT molecular complexity index is 438. The first-order valence-corrected chi connectivity index (χ1v) is 6.77. The van der Waals surface area contributed by atoms with Crippen molar-refractivity contribution >= 4 is 0 Å². The largest absolute Gasteiger partial charge is 0.388 e. The van der Waals surface area contributed by atoms with Crippen LogP contribution >= 0.6 is 0 Å². The van der Waals surface area contributed by atoms with Crippen LogP contribution in [0.2, 0.25) is 0 Å². The second kappa shape index (κ2) is 6.50. The Morgan fingerprint density at radius 1 is 0.895 bits per heavy atom. The molecule has 0 aromatic heterocycles. The molecule has 0 fully saturated rings. The van der Waals surface area contributed by atoms with Crippen LogP contribution in [0.25, 0.3) is 0 Å². The molecule has 19 heavy (non-hydrogen) atoms. The van der Waals surface area contributed by atoms with Crippen molar-refractivity contribution in [1.82, 2.24) is 0 Å². The Balaban J connectivity index is 2.20. The van der Waals surface area contributed by atoms with E-state index in [2.05, 4.69) is 6.92 Å². The monoisotopic (exact) mass is 255 g/mol. The standard InChI is InChI=1S/C17H21NO/c1-2-15(16(18)13-9-5-3-6-10-13)17(19)14-11-7-4-8-12-14/h3-12,15-17,19H,2,18H2,1H3/t15-,16+,17+/m1/s1. The molecule has 2 heteroatoms. The summed E-state index contributed by atoms with van der Waals surface area (Å²) >= 11 is 0. The van der Waals surface area contributed by atoms with E-state index in [1.807, 2.05) is 60.7 Å². The summed E-state index contributed by atoms with van der Waals surface area (Å²) in [5, 5.41) is 10.5. The van der Waals surface area contributed by atoms with E-state index in [1.165, 1.54) is 0 Å². The summed E-state index contributed by atoms with van der Waals surface area (Å²) in [6.07, 6.45) is 0.313. The molecule has 3 atom stereocenters. The van der Waals surface area contributed by atoms with Crippen molar-refractivity contribution in [2.45, 2.75) is 25.5 Å². The Morgan fingerprint density at radius 3 is 1.84 bits per heavy atom. The van der Waals surface area contributed by atoms with E-state index in [9.17, 15) is 5.11 Å². The summed E-state index contributed by atoms with van der Waals surface area (Å²) in [7, 11) is 0. The molecule has 2 aromatic rings. The van der Waals surface area contributed by atoms with Crippen LogP contribution in [0, 0.1) is 5.92 Å². The van der Waals surface area contributed by atoms with Crippen LogP contribution in [0.5, 0.6) is 0 Å². The number of benzene rings is 2. The number of nitrogens with two attached hydrogens (primary N) is 1. The third-order valence-electron chi connectivity index (χ3n) is 3.66. The molecule has 0 bridgehead atoms. The number of aliphatic hydroxyl groups excluding tert-OH is 1. The van der Waals surface area contributed by atoms with E-state index in [1.54, 1.807) is 0 Å². The fraction of sp³-hybridized carbons (Fsp3) is 0.294. The fourth-order valence-corrected chi connectivity index (χ4v) is 2.49. The van der Waals surface area contributed by atoms with Gasteiger partial charge in [-0.05, 0) is 17.5 Å². The average Bonchev–Trinajstić information content (AvgIpc) is 2.49. The van der Waals surface area contributed by atoms with E-state index in [-0.39, 0.29) is 12.0 Å². The molecular formula is C17H21NO. The first-order chi connectivity index (χ1) is 9.24. The van der Waals surface area contributed by atoms with Crippen molar-refractivity contribution < 1.29 is 5.11 Å². The van der Waals surface area contributed by atoms with Crippen molar-refractivity contribution in [1.29, 1.82) is 0 Å². The summed E-state index contributed by atoms with van der Waals surface area (Å²) in [4.78, 5) is 0. The van der Waals surface area contributed by atoms with Gasteiger partial charge in [0.2, 0.25) is 0 Å². The van der Waals surface area contributed by atoms with Gasteiger partial charge in [0.1, 0.15) is 0 Å². The van der Waals surface area contributed by atoms with E-state index in [0.29, 0.717) is 0 Å². The molecule has 0 heterocycles. The molecule has 0 aliphatic rings. The van der Waals surface area contributed by atoms with Gasteiger partial charge in [-0.3, -0.25) is 0 Å². The lowest BCUT2D eigenvalue weighted by atomic mass is 9.84. The fourth-order valence-electron chi connectivity index (χ4n) is 2.49. The van der Waals surface area contributed by atoms with Crippen LogP contribution in [0.15, 0.2) is 60.7 Å². The average molecular weight is 255 g/mol. The summed E-state index contributed by atoms with van der Waals surface area (Å²) in [6.45, 7) is 2.07. The van der Waals surface area contributed by atoms with Crippen molar-refractivity contribution in [2.75, 3.05) is 0 Å². The molecule has 0 aliphatic carbocycles. The summed E-state index contributed by atoms with van der Waals surface area (Å²) < 4.78 is 0. The molecule has 0 saturated carbocycles. The van der Waals surface area contributed by atoms with Crippen LogP contribution in [0.4, 0.5) is 0 Å². The maximum Gasteiger partial charge on any atom is 0.0836 e. The van der Waals surface area contributed by atoms with Gasteiger partial charge in [0.15, 0.2) is 0 Å². The van der Waals surface area contributed by atoms with Gasteiger partial charge in [-0.2, -0.15) is 0 Å². The van der Waals surface area contributed by atoms with Crippen LogP contribution in [-0.2, 0) is 0 Å². The van der Waals surface area contributed by atoms with Crippen LogP contribution < -0.4 is 5.73 Å². The highest BCUT2D eigenvalue weighted by molar-refractivity contribution is 5.23. The van der Waals surface area contributed by atoms with Gasteiger partial charge in [0.25, 0.3) is 0 Å². The molecule has 0 saturated heterocycles. The second-order valence-electron chi connectivity index (χ2n) is 4.86. The maximum absolute atomic E-state index is 10.5. The van der Waals surface area contributed by atoms with Crippen molar-refractivity contribution in [3.63, 3.8) is 0 Å². The van der Waals surface area contributed by atoms with E-state index >= 15 is 0 Å². The third-order valence-corrected chi connectivity index (χ3v) is 3.66. The van der Waals surface area contributed by atoms with Crippen LogP contribution in [-0.4, -0.2) is 5.11 Å². The minimum atomic E-state index is -0.526. The van der Waals surface area contributed by atoms with Gasteiger partial charge >= 0.3 is 0 Å². The minimum absolute atomic E-state index is 0.0183. The second-order valence-corrected chi connectivity index (χ2v) is 4.86. The molecule has 0 aliphatic heterocycles. The van der Waals surface area contributed by atoms with E-state index < -0.39 is 6.10 Å². The van der Waals surface area contributed by atoms with Crippen molar-refractivity contribution in [3.05, 3.63) is 71.8 Å². The zero-order chi connectivity index (χ0) is 13.7. The van der Waals surface area contributed by atoms with Crippen LogP contribution in [0.1, 0.15) is 36.6 Å².